The van der Waals surface area contributed by atoms with Gasteiger partial charge >= 0.3 is 0 Å². The Morgan fingerprint density at radius 1 is 1.09 bits per heavy atom. The second-order valence-corrected chi connectivity index (χ2v) is 10.1. The van der Waals surface area contributed by atoms with Gasteiger partial charge in [-0.05, 0) is 71.0 Å². The number of nitrogens with zero attached hydrogens (tertiary/aromatic N) is 2. The molecule has 2 aliphatic rings. The second kappa shape index (κ2) is 12.5. The number of amides is 1. The van der Waals surface area contributed by atoms with Crippen LogP contribution in [0.5, 0.6) is 11.5 Å². The lowest BCUT2D eigenvalue weighted by Gasteiger charge is -2.29. The maximum Gasteiger partial charge on any atom is 0.272 e. The van der Waals surface area contributed by atoms with Crippen molar-refractivity contribution in [2.24, 2.45) is 0 Å². The highest BCUT2D eigenvalue weighted by atomic mass is 16.5. The van der Waals surface area contributed by atoms with Crippen molar-refractivity contribution >= 4 is 16.8 Å². The first kappa shape index (κ1) is 25.7. The Morgan fingerprint density at radius 3 is 2.57 bits per heavy atom. The predicted octanol–water partition coefficient (Wildman–Crippen LogP) is 4.96. The predicted molar refractivity (Wildman–Crippen MR) is 138 cm³/mol. The molecular weight excluding hydrogens is 442 g/mol. The molecule has 35 heavy (non-hydrogen) atoms. The average Bonchev–Trinajstić information content (AvgIpc) is 3.24. The van der Waals surface area contributed by atoms with E-state index in [4.69, 9.17) is 19.2 Å². The number of methoxy groups -OCH3 is 1. The van der Waals surface area contributed by atoms with Crippen molar-refractivity contribution in [1.29, 1.82) is 0 Å². The molecule has 1 aromatic carbocycles. The Balaban J connectivity index is 1.68. The Bertz CT molecular complexity index is 966. The van der Waals surface area contributed by atoms with Crippen LogP contribution in [0, 0.1) is 0 Å². The van der Waals surface area contributed by atoms with E-state index in [1.165, 1.54) is 25.7 Å². The Hall–Kier alpha value is -2.38. The highest BCUT2D eigenvalue weighted by Gasteiger charge is 2.27. The summed E-state index contributed by atoms with van der Waals surface area (Å²) in [7, 11) is 1.65. The van der Waals surface area contributed by atoms with Crippen molar-refractivity contribution < 1.29 is 19.0 Å². The summed E-state index contributed by atoms with van der Waals surface area (Å²) < 4.78 is 17.8. The molecule has 1 amide bonds. The maximum absolute atomic E-state index is 13.8. The van der Waals surface area contributed by atoms with Gasteiger partial charge in [-0.25, -0.2) is 4.98 Å². The average molecular weight is 484 g/mol. The van der Waals surface area contributed by atoms with E-state index in [0.717, 1.165) is 43.4 Å². The van der Waals surface area contributed by atoms with Crippen LogP contribution in [0.25, 0.3) is 10.9 Å². The van der Waals surface area contributed by atoms with Gasteiger partial charge in [0.05, 0.1) is 12.7 Å². The summed E-state index contributed by atoms with van der Waals surface area (Å²) in [5.74, 6) is 1.30. The molecule has 0 spiro atoms. The fraction of sp³-hybridized carbons (Fsp3) is 0.643. The van der Waals surface area contributed by atoms with Crippen LogP contribution in [0.1, 0.15) is 75.7 Å². The summed E-state index contributed by atoms with van der Waals surface area (Å²) in [5, 5.41) is 4.37. The number of fused-ring (bicyclic) bond motifs is 1. The van der Waals surface area contributed by atoms with E-state index in [-0.39, 0.29) is 18.1 Å². The molecule has 2 aromatic rings. The highest BCUT2D eigenvalue weighted by Crippen LogP contribution is 2.34. The molecule has 0 bridgehead atoms. The first-order valence-corrected chi connectivity index (χ1v) is 13.3. The molecule has 0 unspecified atom stereocenters. The number of pyridine rings is 1. The van der Waals surface area contributed by atoms with E-state index < -0.39 is 0 Å². The van der Waals surface area contributed by atoms with Crippen LogP contribution in [0.4, 0.5) is 0 Å². The number of hydrogen-bond acceptors (Lipinski definition) is 6. The van der Waals surface area contributed by atoms with Crippen molar-refractivity contribution in [1.82, 2.24) is 15.2 Å². The minimum atomic E-state index is -0.0727. The molecule has 1 aliphatic carbocycles. The molecule has 2 fully saturated rings. The van der Waals surface area contributed by atoms with Gasteiger partial charge in [0, 0.05) is 37.2 Å². The van der Waals surface area contributed by atoms with Crippen molar-refractivity contribution in [2.75, 3.05) is 33.4 Å². The summed E-state index contributed by atoms with van der Waals surface area (Å²) in [4.78, 5) is 20.6. The number of ether oxygens (including phenoxy) is 3. The lowest BCUT2D eigenvalue weighted by Crippen LogP contribution is -2.45. The van der Waals surface area contributed by atoms with Gasteiger partial charge in [0.1, 0.15) is 29.3 Å². The topological polar surface area (TPSA) is 72.9 Å². The van der Waals surface area contributed by atoms with Crippen LogP contribution in [-0.2, 0) is 4.74 Å². The first-order valence-electron chi connectivity index (χ1n) is 13.3. The van der Waals surface area contributed by atoms with Crippen molar-refractivity contribution in [2.45, 2.75) is 83.4 Å². The molecule has 1 aliphatic heterocycles. The van der Waals surface area contributed by atoms with Crippen LogP contribution < -0.4 is 14.8 Å². The lowest BCUT2D eigenvalue weighted by molar-refractivity contribution is 0.0682. The molecule has 1 N–H and O–H groups in total. The van der Waals surface area contributed by atoms with Gasteiger partial charge in [-0.1, -0.05) is 18.9 Å². The van der Waals surface area contributed by atoms with Crippen LogP contribution >= 0.6 is 0 Å². The van der Waals surface area contributed by atoms with Crippen molar-refractivity contribution in [3.8, 4) is 11.5 Å². The number of para-hydroxylation sites is 1. The Kier molecular flexibility index (Phi) is 9.21. The van der Waals surface area contributed by atoms with E-state index in [1.807, 2.05) is 23.1 Å². The third kappa shape index (κ3) is 6.64. The van der Waals surface area contributed by atoms with Crippen LogP contribution in [0.15, 0.2) is 24.3 Å². The Labute approximate surface area is 209 Å². The molecular formula is C28H41N3O4. The number of hydrogen-bond donors (Lipinski definition) is 1. The minimum Gasteiger partial charge on any atom is -0.490 e. The van der Waals surface area contributed by atoms with Gasteiger partial charge < -0.3 is 24.4 Å². The molecule has 192 valence electrons. The van der Waals surface area contributed by atoms with Gasteiger partial charge in [-0.15, -0.1) is 0 Å². The largest absolute Gasteiger partial charge is 0.490 e. The smallest absolute Gasteiger partial charge is 0.272 e. The summed E-state index contributed by atoms with van der Waals surface area (Å²) in [5.41, 5.74) is 1.09. The molecule has 4 rings (SSSR count). The van der Waals surface area contributed by atoms with Crippen LogP contribution in [0.3, 0.4) is 0 Å². The normalized spacial score (nSPS) is 19.1. The molecule has 7 nitrogen and oxygen atoms in total. The quantitative estimate of drug-likeness (QED) is 0.380. The summed E-state index contributed by atoms with van der Waals surface area (Å²) in [6.45, 7) is 6.68. The third-order valence-electron chi connectivity index (χ3n) is 7.09. The summed E-state index contributed by atoms with van der Waals surface area (Å²) in [6.07, 6.45) is 9.46. The highest BCUT2D eigenvalue weighted by molar-refractivity contribution is 5.98. The van der Waals surface area contributed by atoms with E-state index in [1.54, 1.807) is 13.2 Å². The first-order chi connectivity index (χ1) is 17.1. The van der Waals surface area contributed by atoms with E-state index in [2.05, 4.69) is 19.2 Å². The van der Waals surface area contributed by atoms with E-state index in [9.17, 15) is 4.79 Å². The lowest BCUT2D eigenvalue weighted by atomic mass is 10.1. The number of aromatic nitrogens is 1. The molecule has 0 radical (unpaired) electrons. The fourth-order valence-electron chi connectivity index (χ4n) is 5.11. The molecule has 1 saturated heterocycles. The summed E-state index contributed by atoms with van der Waals surface area (Å²) in [6, 6.07) is 8.11. The number of carbonyl (C=O) groups excluding carboxylic acids is 1. The SMILES string of the molecule is COCCOc1cc(C(=O)N(C[C@@H]2CCCN2)C(C)C)nc2c(OC3CCCCCC3)cccc12. The zero-order chi connectivity index (χ0) is 24.6. The van der Waals surface area contributed by atoms with Crippen LogP contribution in [-0.4, -0.2) is 67.4 Å². The number of rotatable bonds is 10. The molecule has 1 aromatic heterocycles. The fourth-order valence-corrected chi connectivity index (χ4v) is 5.11. The van der Waals surface area contributed by atoms with Crippen molar-refractivity contribution in [3.05, 3.63) is 30.0 Å². The molecule has 1 atom stereocenters. The maximum atomic E-state index is 13.8. The number of nitrogens with one attached hydrogen (secondary N) is 1. The Morgan fingerprint density at radius 2 is 1.89 bits per heavy atom. The third-order valence-corrected chi connectivity index (χ3v) is 7.09. The summed E-state index contributed by atoms with van der Waals surface area (Å²) >= 11 is 0. The van der Waals surface area contributed by atoms with Crippen molar-refractivity contribution in [3.63, 3.8) is 0 Å². The zero-order valence-electron chi connectivity index (χ0n) is 21.6. The molecule has 7 heteroatoms. The zero-order valence-corrected chi connectivity index (χ0v) is 21.6. The molecule has 1 saturated carbocycles. The monoisotopic (exact) mass is 483 g/mol. The van der Waals surface area contributed by atoms with Gasteiger partial charge in [0.25, 0.3) is 5.91 Å². The number of carbonyl (C=O) groups is 1. The minimum absolute atomic E-state index is 0.0674. The van der Waals surface area contributed by atoms with Gasteiger partial charge in [0.2, 0.25) is 0 Å². The van der Waals surface area contributed by atoms with E-state index >= 15 is 0 Å². The van der Waals surface area contributed by atoms with Crippen LogP contribution in [0.2, 0.25) is 0 Å². The van der Waals surface area contributed by atoms with Gasteiger partial charge in [-0.3, -0.25) is 4.79 Å². The standard InChI is InChI=1S/C28H41N3O4/c1-20(2)31(19-21-10-9-15-29-21)28(32)24-18-26(34-17-16-33-3)23-13-8-14-25(27(23)30-24)35-22-11-6-4-5-7-12-22/h8,13-14,18,20-22,29H,4-7,9-12,15-17,19H2,1-3H3/t21-/m0/s1. The number of benzene rings is 1. The van der Waals surface area contributed by atoms with Gasteiger partial charge in [0.15, 0.2) is 0 Å². The van der Waals surface area contributed by atoms with Gasteiger partial charge in [-0.2, -0.15) is 0 Å². The van der Waals surface area contributed by atoms with E-state index in [0.29, 0.717) is 42.8 Å². The molecule has 2 heterocycles. The second-order valence-electron chi connectivity index (χ2n) is 10.1.